The Morgan fingerprint density at radius 2 is 2.04 bits per heavy atom. The Morgan fingerprint density at radius 3 is 2.70 bits per heavy atom. The van der Waals surface area contributed by atoms with Crippen LogP contribution in [0.3, 0.4) is 0 Å². The van der Waals surface area contributed by atoms with Gasteiger partial charge >= 0.3 is 0 Å². The smallest absolute Gasteiger partial charge is 0.214 e. The van der Waals surface area contributed by atoms with Crippen LogP contribution in [0, 0.1) is 17.1 Å². The molecule has 1 aromatic carbocycles. The molecule has 0 amide bonds. The van der Waals surface area contributed by atoms with Gasteiger partial charge < -0.3 is 0 Å². The number of hydrogen-bond donors (Lipinski definition) is 0. The van der Waals surface area contributed by atoms with Crippen LogP contribution in [0.4, 0.5) is 4.39 Å². The van der Waals surface area contributed by atoms with Gasteiger partial charge in [0.25, 0.3) is 0 Å². The van der Waals surface area contributed by atoms with E-state index in [1.165, 1.54) is 28.6 Å². The number of nitrogens with zero attached hydrogens (tertiary/aromatic N) is 2. The monoisotopic (exact) mass is 338 g/mol. The molecule has 0 bridgehead atoms. The predicted octanol–water partition coefficient (Wildman–Crippen LogP) is 2.50. The summed E-state index contributed by atoms with van der Waals surface area (Å²) in [6.45, 7) is 0.413. The zero-order chi connectivity index (χ0) is 16.9. The second-order valence-corrected chi connectivity index (χ2v) is 7.66. The van der Waals surface area contributed by atoms with Crippen LogP contribution in [0.1, 0.15) is 42.5 Å². The molecule has 1 aromatic rings. The lowest BCUT2D eigenvalue weighted by Crippen LogP contribution is -2.38. The molecule has 0 saturated carbocycles. The van der Waals surface area contributed by atoms with Gasteiger partial charge in [-0.1, -0.05) is 0 Å². The summed E-state index contributed by atoms with van der Waals surface area (Å²) in [6.07, 6.45) is 1.96. The number of halogens is 1. The zero-order valence-electron chi connectivity index (χ0n) is 12.7. The predicted molar refractivity (Wildman–Crippen MR) is 83.7 cm³/mol. The van der Waals surface area contributed by atoms with Crippen molar-refractivity contribution < 1.29 is 17.6 Å². The maximum absolute atomic E-state index is 12.9. The van der Waals surface area contributed by atoms with Crippen molar-refractivity contribution in [1.29, 1.82) is 5.26 Å². The summed E-state index contributed by atoms with van der Waals surface area (Å²) < 4.78 is 39.0. The van der Waals surface area contributed by atoms with Crippen LogP contribution in [0.15, 0.2) is 24.3 Å². The minimum Gasteiger partial charge on any atom is -0.294 e. The van der Waals surface area contributed by atoms with Crippen molar-refractivity contribution in [3.8, 4) is 6.07 Å². The molecule has 1 atom stereocenters. The molecular formula is C16H19FN2O3S. The van der Waals surface area contributed by atoms with E-state index in [0.717, 1.165) is 6.42 Å². The summed E-state index contributed by atoms with van der Waals surface area (Å²) in [5.74, 6) is -0.667. The average Bonchev–Trinajstić information content (AvgIpc) is 2.97. The molecule has 124 valence electrons. The quantitative estimate of drug-likeness (QED) is 0.565. The van der Waals surface area contributed by atoms with Crippen LogP contribution < -0.4 is 0 Å². The van der Waals surface area contributed by atoms with Crippen LogP contribution in [0.25, 0.3) is 0 Å². The molecule has 0 N–H and O–H groups in total. The van der Waals surface area contributed by atoms with E-state index >= 15 is 0 Å². The second kappa shape index (κ2) is 7.66. The third-order valence-corrected chi connectivity index (χ3v) is 5.96. The van der Waals surface area contributed by atoms with E-state index in [2.05, 4.69) is 0 Å². The number of carbonyl (C=O) groups excluding carboxylic acids is 1. The first-order valence-electron chi connectivity index (χ1n) is 7.59. The highest BCUT2D eigenvalue weighted by molar-refractivity contribution is 7.89. The van der Waals surface area contributed by atoms with Gasteiger partial charge in [-0.3, -0.25) is 4.79 Å². The Balaban J connectivity index is 2.02. The van der Waals surface area contributed by atoms with Gasteiger partial charge in [0.2, 0.25) is 10.0 Å². The first kappa shape index (κ1) is 17.6. The van der Waals surface area contributed by atoms with Crippen molar-refractivity contribution in [2.45, 2.75) is 38.1 Å². The van der Waals surface area contributed by atoms with Crippen molar-refractivity contribution in [1.82, 2.24) is 4.31 Å². The van der Waals surface area contributed by atoms with E-state index in [9.17, 15) is 17.6 Å². The van der Waals surface area contributed by atoms with Crippen LogP contribution in [-0.4, -0.2) is 36.8 Å². The van der Waals surface area contributed by atoms with E-state index in [0.29, 0.717) is 24.9 Å². The van der Waals surface area contributed by atoms with Gasteiger partial charge in [-0.05, 0) is 43.5 Å². The highest BCUT2D eigenvalue weighted by atomic mass is 32.2. The number of carbonyl (C=O) groups is 1. The van der Waals surface area contributed by atoms with Crippen molar-refractivity contribution >= 4 is 15.8 Å². The molecule has 1 fully saturated rings. The Bertz CT molecular complexity index is 695. The topological polar surface area (TPSA) is 78.2 Å². The van der Waals surface area contributed by atoms with Crippen molar-refractivity contribution in [2.24, 2.45) is 0 Å². The average molecular weight is 338 g/mol. The zero-order valence-corrected chi connectivity index (χ0v) is 13.6. The maximum Gasteiger partial charge on any atom is 0.214 e. The summed E-state index contributed by atoms with van der Waals surface area (Å²) in [5, 5.41) is 8.52. The molecule has 0 unspecified atom stereocenters. The van der Waals surface area contributed by atoms with Crippen LogP contribution in [0.2, 0.25) is 0 Å². The Kier molecular flexibility index (Phi) is 5.85. The van der Waals surface area contributed by atoms with Gasteiger partial charge in [-0.2, -0.15) is 9.57 Å². The highest BCUT2D eigenvalue weighted by Crippen LogP contribution is 2.25. The lowest BCUT2D eigenvalue weighted by molar-refractivity contribution is 0.0961. The maximum atomic E-state index is 12.9. The summed E-state index contributed by atoms with van der Waals surface area (Å²) in [7, 11) is -3.45. The molecule has 1 aliphatic rings. The minimum absolute atomic E-state index is 0.0677. The summed E-state index contributed by atoms with van der Waals surface area (Å²) >= 11 is 0. The van der Waals surface area contributed by atoms with Crippen molar-refractivity contribution in [3.05, 3.63) is 35.6 Å². The van der Waals surface area contributed by atoms with Crippen LogP contribution in [-0.2, 0) is 10.0 Å². The normalized spacial score (nSPS) is 18.7. The number of nitriles is 1. The Labute approximate surface area is 135 Å². The number of rotatable bonds is 7. The lowest BCUT2D eigenvalue weighted by Gasteiger charge is -2.23. The molecule has 0 aliphatic carbocycles. The lowest BCUT2D eigenvalue weighted by atomic mass is 10.0. The standard InChI is InChI=1S/C16H19FN2O3S/c17-14-7-5-13(6-8-14)16(20)12-15-4-3-10-19(15)23(21,22)11-2-1-9-18/h5-8,15H,1-4,10-12H2/t15-/m1/s1. The number of Topliss-reactive ketones (excluding diaryl/α,β-unsaturated/α-hetero) is 1. The molecule has 23 heavy (non-hydrogen) atoms. The molecule has 0 aromatic heterocycles. The number of hydrogen-bond acceptors (Lipinski definition) is 4. The molecule has 0 radical (unpaired) electrons. The largest absolute Gasteiger partial charge is 0.294 e. The van der Waals surface area contributed by atoms with Gasteiger partial charge in [0.1, 0.15) is 5.82 Å². The third-order valence-electron chi connectivity index (χ3n) is 3.96. The number of benzene rings is 1. The van der Waals surface area contributed by atoms with Gasteiger partial charge in [0.05, 0.1) is 11.8 Å². The molecule has 1 heterocycles. The number of unbranched alkanes of at least 4 members (excludes halogenated alkanes) is 1. The molecule has 0 spiro atoms. The fourth-order valence-corrected chi connectivity index (χ4v) is 4.58. The molecule has 2 rings (SSSR count). The molecule has 1 aliphatic heterocycles. The number of ketones is 1. The van der Waals surface area contributed by atoms with E-state index in [1.807, 2.05) is 6.07 Å². The minimum atomic E-state index is -3.45. The fraction of sp³-hybridized carbons (Fsp3) is 0.500. The first-order valence-corrected chi connectivity index (χ1v) is 9.20. The molecule has 7 heteroatoms. The molecule has 1 saturated heterocycles. The SMILES string of the molecule is N#CCCCS(=O)(=O)N1CCC[C@@H]1CC(=O)c1ccc(F)cc1. The van der Waals surface area contributed by atoms with Gasteiger partial charge in [-0.15, -0.1) is 0 Å². The van der Waals surface area contributed by atoms with Crippen molar-refractivity contribution in [3.63, 3.8) is 0 Å². The number of sulfonamides is 1. The van der Waals surface area contributed by atoms with E-state index in [1.54, 1.807) is 0 Å². The Hall–Kier alpha value is -1.78. The Morgan fingerprint density at radius 1 is 1.35 bits per heavy atom. The van der Waals surface area contributed by atoms with Gasteiger partial charge in [0.15, 0.2) is 5.78 Å². The van der Waals surface area contributed by atoms with Gasteiger partial charge in [-0.25, -0.2) is 12.8 Å². The first-order chi connectivity index (χ1) is 10.9. The molecule has 5 nitrogen and oxygen atoms in total. The fourth-order valence-electron chi connectivity index (χ4n) is 2.80. The van der Waals surface area contributed by atoms with Crippen LogP contribution in [0.5, 0.6) is 0 Å². The van der Waals surface area contributed by atoms with Crippen LogP contribution >= 0.6 is 0 Å². The molecular weight excluding hydrogens is 319 g/mol. The summed E-state index contributed by atoms with van der Waals surface area (Å²) in [4.78, 5) is 12.3. The van der Waals surface area contributed by atoms with Gasteiger partial charge in [0, 0.05) is 31.0 Å². The summed E-state index contributed by atoms with van der Waals surface area (Å²) in [5.41, 5.74) is 0.389. The third kappa shape index (κ3) is 4.60. The van der Waals surface area contributed by atoms with Crippen molar-refractivity contribution in [2.75, 3.05) is 12.3 Å². The summed E-state index contributed by atoms with van der Waals surface area (Å²) in [6, 6.07) is 6.86. The second-order valence-electron chi connectivity index (χ2n) is 5.62. The van der Waals surface area contributed by atoms with E-state index in [-0.39, 0.29) is 30.4 Å². The highest BCUT2D eigenvalue weighted by Gasteiger charge is 2.34. The van der Waals surface area contributed by atoms with E-state index < -0.39 is 15.8 Å². The van der Waals surface area contributed by atoms with E-state index in [4.69, 9.17) is 5.26 Å².